The number of anilines is 2. The summed E-state index contributed by atoms with van der Waals surface area (Å²) in [5.41, 5.74) is 6.30. The fraction of sp³-hybridized carbons (Fsp3) is 0.600. The summed E-state index contributed by atoms with van der Waals surface area (Å²) in [7, 11) is 1.55. The molecule has 0 amide bonds. The summed E-state index contributed by atoms with van der Waals surface area (Å²) in [6.07, 6.45) is 2.22. The smallest absolute Gasteiger partial charge is 0.242 e. The molecular formula is C10H18N4O. The van der Waals surface area contributed by atoms with Crippen LogP contribution in [-0.2, 0) is 0 Å². The minimum atomic E-state index is 0.432. The molecule has 15 heavy (non-hydrogen) atoms. The summed E-state index contributed by atoms with van der Waals surface area (Å²) in [6, 6.07) is 0. The van der Waals surface area contributed by atoms with E-state index in [1.165, 1.54) is 0 Å². The van der Waals surface area contributed by atoms with E-state index in [1.54, 1.807) is 7.11 Å². The van der Waals surface area contributed by atoms with Crippen molar-refractivity contribution < 1.29 is 4.74 Å². The second-order valence-electron chi connectivity index (χ2n) is 3.32. The van der Waals surface area contributed by atoms with Gasteiger partial charge in [-0.1, -0.05) is 13.3 Å². The number of unbranched alkanes of at least 4 members (excludes halogenated alkanes) is 1. The molecule has 5 heteroatoms. The predicted molar refractivity (Wildman–Crippen MR) is 61.1 cm³/mol. The van der Waals surface area contributed by atoms with Crippen molar-refractivity contribution in [2.75, 3.05) is 24.7 Å². The lowest BCUT2D eigenvalue weighted by Crippen LogP contribution is -2.09. The molecule has 3 N–H and O–H groups in total. The van der Waals surface area contributed by atoms with E-state index in [4.69, 9.17) is 10.5 Å². The van der Waals surface area contributed by atoms with Gasteiger partial charge in [0.25, 0.3) is 0 Å². The highest BCUT2D eigenvalue weighted by molar-refractivity contribution is 5.66. The van der Waals surface area contributed by atoms with Crippen LogP contribution in [0.25, 0.3) is 0 Å². The van der Waals surface area contributed by atoms with E-state index in [1.807, 2.05) is 6.92 Å². The van der Waals surface area contributed by atoms with Gasteiger partial charge in [-0.05, 0) is 13.3 Å². The highest BCUT2D eigenvalue weighted by Crippen LogP contribution is 2.25. The molecule has 84 valence electrons. The molecule has 0 atom stereocenters. The van der Waals surface area contributed by atoms with Gasteiger partial charge in [0.15, 0.2) is 5.82 Å². The first-order chi connectivity index (χ1) is 7.19. The van der Waals surface area contributed by atoms with Crippen molar-refractivity contribution in [2.24, 2.45) is 0 Å². The second-order valence-corrected chi connectivity index (χ2v) is 3.32. The molecule has 0 spiro atoms. The van der Waals surface area contributed by atoms with Crippen LogP contribution in [0.3, 0.4) is 0 Å². The van der Waals surface area contributed by atoms with Crippen LogP contribution in [0.1, 0.15) is 25.6 Å². The Morgan fingerprint density at radius 3 is 2.73 bits per heavy atom. The SMILES string of the molecule is CCCCNc1nc(C)nc(OC)c1N. The first-order valence-electron chi connectivity index (χ1n) is 5.11. The molecule has 1 heterocycles. The van der Waals surface area contributed by atoms with Crippen LogP contribution < -0.4 is 15.8 Å². The number of hydrogen-bond acceptors (Lipinski definition) is 5. The minimum Gasteiger partial charge on any atom is -0.479 e. The number of aryl methyl sites for hydroxylation is 1. The van der Waals surface area contributed by atoms with Crippen molar-refractivity contribution >= 4 is 11.5 Å². The third-order valence-corrected chi connectivity index (χ3v) is 2.04. The van der Waals surface area contributed by atoms with Crippen molar-refractivity contribution in [3.05, 3.63) is 5.82 Å². The molecule has 0 fully saturated rings. The molecule has 5 nitrogen and oxygen atoms in total. The fourth-order valence-electron chi connectivity index (χ4n) is 1.23. The first-order valence-corrected chi connectivity index (χ1v) is 5.11. The van der Waals surface area contributed by atoms with Crippen molar-refractivity contribution in [3.63, 3.8) is 0 Å². The number of aromatic nitrogens is 2. The van der Waals surface area contributed by atoms with E-state index in [2.05, 4.69) is 22.2 Å². The Kier molecular flexibility index (Phi) is 4.15. The van der Waals surface area contributed by atoms with Crippen molar-refractivity contribution in [1.29, 1.82) is 0 Å². The van der Waals surface area contributed by atoms with Crippen LogP contribution >= 0.6 is 0 Å². The summed E-state index contributed by atoms with van der Waals surface area (Å²) in [6.45, 7) is 4.81. The molecule has 0 saturated carbocycles. The van der Waals surface area contributed by atoms with Crippen molar-refractivity contribution in [2.45, 2.75) is 26.7 Å². The monoisotopic (exact) mass is 210 g/mol. The van der Waals surface area contributed by atoms with Gasteiger partial charge in [0.1, 0.15) is 11.5 Å². The average Bonchev–Trinajstić information content (AvgIpc) is 2.23. The molecule has 0 saturated heterocycles. The highest BCUT2D eigenvalue weighted by Gasteiger charge is 2.09. The molecule has 0 aliphatic heterocycles. The van der Waals surface area contributed by atoms with E-state index in [0.29, 0.717) is 23.2 Å². The Bertz CT molecular complexity index is 327. The van der Waals surface area contributed by atoms with E-state index in [0.717, 1.165) is 19.4 Å². The summed E-state index contributed by atoms with van der Waals surface area (Å²) >= 11 is 0. The molecule has 1 aromatic rings. The molecule has 0 bridgehead atoms. The van der Waals surface area contributed by atoms with Crippen LogP contribution in [0, 0.1) is 6.92 Å². The third kappa shape index (κ3) is 2.97. The standard InChI is InChI=1S/C10H18N4O/c1-4-5-6-12-9-8(11)10(15-3)14-7(2)13-9/h4-6,11H2,1-3H3,(H,12,13,14). The number of nitrogens with two attached hydrogens (primary N) is 1. The van der Waals surface area contributed by atoms with Crippen LogP contribution in [0.15, 0.2) is 0 Å². The number of methoxy groups -OCH3 is 1. The topological polar surface area (TPSA) is 73.1 Å². The highest BCUT2D eigenvalue weighted by atomic mass is 16.5. The summed E-state index contributed by atoms with van der Waals surface area (Å²) in [5, 5.41) is 3.17. The quantitative estimate of drug-likeness (QED) is 0.722. The largest absolute Gasteiger partial charge is 0.479 e. The second kappa shape index (κ2) is 5.38. The average molecular weight is 210 g/mol. The van der Waals surface area contributed by atoms with Crippen LogP contribution in [0.4, 0.5) is 11.5 Å². The molecule has 0 unspecified atom stereocenters. The molecular weight excluding hydrogens is 192 g/mol. The third-order valence-electron chi connectivity index (χ3n) is 2.04. The number of nitrogens with one attached hydrogen (secondary N) is 1. The Morgan fingerprint density at radius 1 is 1.40 bits per heavy atom. The van der Waals surface area contributed by atoms with Gasteiger partial charge in [0, 0.05) is 6.54 Å². The molecule has 0 aliphatic rings. The van der Waals surface area contributed by atoms with Gasteiger partial charge in [0.2, 0.25) is 5.88 Å². The molecule has 0 aliphatic carbocycles. The van der Waals surface area contributed by atoms with Crippen LogP contribution in [0.5, 0.6) is 5.88 Å². The lowest BCUT2D eigenvalue weighted by atomic mass is 10.3. The van der Waals surface area contributed by atoms with Gasteiger partial charge in [0.05, 0.1) is 7.11 Å². The molecule has 1 rings (SSSR count). The zero-order valence-electron chi connectivity index (χ0n) is 9.50. The number of ether oxygens (including phenoxy) is 1. The van der Waals surface area contributed by atoms with Crippen LogP contribution in [-0.4, -0.2) is 23.6 Å². The van der Waals surface area contributed by atoms with E-state index in [9.17, 15) is 0 Å². The summed E-state index contributed by atoms with van der Waals surface area (Å²) < 4.78 is 5.06. The number of rotatable bonds is 5. The minimum absolute atomic E-state index is 0.432. The maximum absolute atomic E-state index is 5.83. The van der Waals surface area contributed by atoms with Gasteiger partial charge in [-0.3, -0.25) is 0 Å². The normalized spacial score (nSPS) is 10.1. The Hall–Kier alpha value is -1.52. The van der Waals surface area contributed by atoms with Crippen LogP contribution in [0.2, 0.25) is 0 Å². The number of hydrogen-bond donors (Lipinski definition) is 2. The lowest BCUT2D eigenvalue weighted by molar-refractivity contribution is 0.398. The predicted octanol–water partition coefficient (Wildman–Crippen LogP) is 1.59. The maximum Gasteiger partial charge on any atom is 0.242 e. The lowest BCUT2D eigenvalue weighted by Gasteiger charge is -2.10. The zero-order valence-corrected chi connectivity index (χ0v) is 9.50. The molecule has 1 aromatic heterocycles. The first kappa shape index (κ1) is 11.6. The zero-order chi connectivity index (χ0) is 11.3. The van der Waals surface area contributed by atoms with Gasteiger partial charge < -0.3 is 15.8 Å². The molecule has 0 radical (unpaired) electrons. The Morgan fingerprint density at radius 2 is 2.13 bits per heavy atom. The van der Waals surface area contributed by atoms with Gasteiger partial charge in [-0.2, -0.15) is 4.98 Å². The molecule has 0 aromatic carbocycles. The van der Waals surface area contributed by atoms with Gasteiger partial charge >= 0.3 is 0 Å². The van der Waals surface area contributed by atoms with Crippen molar-refractivity contribution in [1.82, 2.24) is 9.97 Å². The number of nitrogen functional groups attached to an aromatic ring is 1. The van der Waals surface area contributed by atoms with Gasteiger partial charge in [-0.25, -0.2) is 4.98 Å². The van der Waals surface area contributed by atoms with Gasteiger partial charge in [-0.15, -0.1) is 0 Å². The summed E-state index contributed by atoms with van der Waals surface area (Å²) in [4.78, 5) is 8.31. The number of nitrogens with zero attached hydrogens (tertiary/aromatic N) is 2. The summed E-state index contributed by atoms with van der Waals surface area (Å²) in [5.74, 6) is 1.74. The van der Waals surface area contributed by atoms with Crippen molar-refractivity contribution in [3.8, 4) is 5.88 Å². The Labute approximate surface area is 90.1 Å². The fourth-order valence-corrected chi connectivity index (χ4v) is 1.23. The van der Waals surface area contributed by atoms with E-state index >= 15 is 0 Å². The van der Waals surface area contributed by atoms with E-state index < -0.39 is 0 Å². The van der Waals surface area contributed by atoms with E-state index in [-0.39, 0.29) is 0 Å². The Balaban J connectivity index is 2.81. The maximum atomic E-state index is 5.83.